The van der Waals surface area contributed by atoms with Crippen molar-refractivity contribution >= 4 is 43.6 Å². The first-order chi connectivity index (χ1) is 34.9. The number of benzene rings is 9. The van der Waals surface area contributed by atoms with Gasteiger partial charge in [0.2, 0.25) is 0 Å². The van der Waals surface area contributed by atoms with Crippen LogP contribution >= 0.6 is 0 Å². The molecule has 0 aliphatic rings. The van der Waals surface area contributed by atoms with E-state index in [4.69, 9.17) is 4.98 Å². The molecule has 0 amide bonds. The van der Waals surface area contributed by atoms with Gasteiger partial charge in [-0.05, 0) is 130 Å². The Morgan fingerprint density at radius 2 is 0.625 bits per heavy atom. The predicted octanol–water partition coefficient (Wildman–Crippen LogP) is 17.9. The number of hydrogen-bond donors (Lipinski definition) is 0. The van der Waals surface area contributed by atoms with Crippen molar-refractivity contribution in [1.29, 1.82) is 5.26 Å². The van der Waals surface area contributed by atoms with Crippen molar-refractivity contribution in [2.45, 2.75) is 55.4 Å². The van der Waals surface area contributed by atoms with Crippen molar-refractivity contribution in [3.63, 3.8) is 0 Å². The zero-order valence-electron chi connectivity index (χ0n) is 42.1. The molecular weight excluding hydrogens is 873 g/mol. The van der Waals surface area contributed by atoms with Crippen LogP contribution in [0.15, 0.2) is 182 Å². The quantitative estimate of drug-likeness (QED) is 0.160. The first-order valence-corrected chi connectivity index (χ1v) is 24.9. The molecule has 0 saturated carbocycles. The standard InChI is InChI=1S/C68H54N4/c1-40-21-41(2)26-53(25-40)48-13-17-58-59-18-14-49(54-27-42(3)22-43(4)28-54)34-63(59)71(62(58)33-48)66-38-70-39-67(68(66)57-12-10-9-11-52(57)37-69)72-64-35-50(55-29-44(5)23-45(6)30-55)15-19-60(64)61-20-16-51(36-65(61)72)56-31-46(7)24-47(8)32-56/h9-36,38-39H,1-8H3. The Morgan fingerprint density at radius 3 is 0.917 bits per heavy atom. The number of aromatic nitrogens is 3. The Morgan fingerprint density at radius 1 is 0.333 bits per heavy atom. The van der Waals surface area contributed by atoms with Gasteiger partial charge in [0.15, 0.2) is 0 Å². The van der Waals surface area contributed by atoms with Crippen LogP contribution in [0.4, 0.5) is 0 Å². The number of pyridine rings is 1. The van der Waals surface area contributed by atoms with Crippen LogP contribution in [-0.4, -0.2) is 14.1 Å². The molecule has 0 unspecified atom stereocenters. The summed E-state index contributed by atoms with van der Waals surface area (Å²) < 4.78 is 4.83. The third kappa shape index (κ3) is 7.66. The van der Waals surface area contributed by atoms with Gasteiger partial charge in [-0.25, -0.2) is 0 Å². The zero-order valence-corrected chi connectivity index (χ0v) is 42.1. The minimum Gasteiger partial charge on any atom is -0.307 e. The van der Waals surface area contributed by atoms with Gasteiger partial charge in [0.25, 0.3) is 0 Å². The number of hydrogen-bond acceptors (Lipinski definition) is 2. The highest BCUT2D eigenvalue weighted by Gasteiger charge is 2.25. The molecule has 4 nitrogen and oxygen atoms in total. The van der Waals surface area contributed by atoms with Gasteiger partial charge in [-0.3, -0.25) is 4.98 Å². The van der Waals surface area contributed by atoms with Gasteiger partial charge in [-0.2, -0.15) is 5.26 Å². The Hall–Kier alpha value is -8.78. The summed E-state index contributed by atoms with van der Waals surface area (Å²) in [5.74, 6) is 0. The first kappa shape index (κ1) is 44.4. The van der Waals surface area contributed by atoms with Crippen molar-refractivity contribution in [2.75, 3.05) is 0 Å². The molecule has 0 aliphatic heterocycles. The van der Waals surface area contributed by atoms with Crippen molar-refractivity contribution in [1.82, 2.24) is 14.1 Å². The van der Waals surface area contributed by atoms with Crippen LogP contribution in [0.3, 0.4) is 0 Å². The molecule has 3 aromatic heterocycles. The average Bonchev–Trinajstić information content (AvgIpc) is 3.86. The molecule has 0 aliphatic carbocycles. The second kappa shape index (κ2) is 17.3. The topological polar surface area (TPSA) is 46.5 Å². The summed E-state index contributed by atoms with van der Waals surface area (Å²) in [4.78, 5) is 5.26. The second-order valence-corrected chi connectivity index (χ2v) is 20.3. The van der Waals surface area contributed by atoms with Crippen LogP contribution in [0.2, 0.25) is 0 Å². The summed E-state index contributed by atoms with van der Waals surface area (Å²) in [7, 11) is 0. The largest absolute Gasteiger partial charge is 0.307 e. The van der Waals surface area contributed by atoms with E-state index >= 15 is 0 Å². The van der Waals surface area contributed by atoms with Crippen LogP contribution in [0, 0.1) is 66.7 Å². The fourth-order valence-corrected chi connectivity index (χ4v) is 11.7. The van der Waals surface area contributed by atoms with E-state index in [0.717, 1.165) is 88.4 Å². The monoisotopic (exact) mass is 926 g/mol. The van der Waals surface area contributed by atoms with Gasteiger partial charge in [0, 0.05) is 32.7 Å². The Balaban J connectivity index is 1.23. The molecule has 3 heterocycles. The van der Waals surface area contributed by atoms with Gasteiger partial charge >= 0.3 is 0 Å². The highest BCUT2D eigenvalue weighted by molar-refractivity contribution is 6.14. The normalized spacial score (nSPS) is 11.6. The molecule has 0 radical (unpaired) electrons. The maximum Gasteiger partial charge on any atom is 0.0998 e. The molecule has 0 fully saturated rings. The number of fused-ring (bicyclic) bond motifs is 6. The fraction of sp³-hybridized carbons (Fsp3) is 0.118. The van der Waals surface area contributed by atoms with Gasteiger partial charge < -0.3 is 9.13 Å². The lowest BCUT2D eigenvalue weighted by Crippen LogP contribution is -2.06. The Bertz CT molecular complexity index is 3720. The molecular formula is C68H54N4. The van der Waals surface area contributed by atoms with E-state index in [0.29, 0.717) is 5.56 Å². The van der Waals surface area contributed by atoms with Crippen LogP contribution in [0.25, 0.3) is 111 Å². The molecule has 0 spiro atoms. The number of nitrogens with zero attached hydrogens (tertiary/aromatic N) is 4. The van der Waals surface area contributed by atoms with Crippen molar-refractivity contribution < 1.29 is 0 Å². The molecule has 346 valence electrons. The minimum absolute atomic E-state index is 0.589. The lowest BCUT2D eigenvalue weighted by atomic mass is 9.97. The third-order valence-corrected chi connectivity index (χ3v) is 14.5. The predicted molar refractivity (Wildman–Crippen MR) is 303 cm³/mol. The summed E-state index contributed by atoms with van der Waals surface area (Å²) in [5, 5.41) is 15.6. The number of rotatable bonds is 7. The van der Waals surface area contributed by atoms with Gasteiger partial charge in [-0.1, -0.05) is 184 Å². The molecule has 0 atom stereocenters. The summed E-state index contributed by atoms with van der Waals surface area (Å²) in [5.41, 5.74) is 27.4. The van der Waals surface area contributed by atoms with E-state index in [-0.39, 0.29) is 0 Å². The van der Waals surface area contributed by atoms with Gasteiger partial charge in [-0.15, -0.1) is 0 Å². The Labute approximate surface area is 421 Å². The SMILES string of the molecule is Cc1cc(C)cc(-c2ccc3c4ccc(-c5cc(C)cc(C)c5)cc4n(-c4cncc(-n5c6cc(-c7cc(C)cc(C)c7)ccc6c6ccc(-c7cc(C)cc(C)c7)cc65)c4-c4ccccc4C#N)c3c2)c1. The van der Waals surface area contributed by atoms with Crippen LogP contribution in [-0.2, 0) is 0 Å². The van der Waals surface area contributed by atoms with E-state index in [1.807, 2.05) is 24.5 Å². The van der Waals surface area contributed by atoms with E-state index in [1.54, 1.807) is 0 Å². The third-order valence-electron chi connectivity index (χ3n) is 14.5. The van der Waals surface area contributed by atoms with E-state index < -0.39 is 0 Å². The maximum absolute atomic E-state index is 11.1. The summed E-state index contributed by atoms with van der Waals surface area (Å²) in [6, 6.07) is 65.4. The average molecular weight is 927 g/mol. The summed E-state index contributed by atoms with van der Waals surface area (Å²) in [6.07, 6.45) is 4.02. The van der Waals surface area contributed by atoms with Crippen LogP contribution in [0.5, 0.6) is 0 Å². The first-order valence-electron chi connectivity index (χ1n) is 24.9. The lowest BCUT2D eigenvalue weighted by molar-refractivity contribution is 1.09. The highest BCUT2D eigenvalue weighted by Crippen LogP contribution is 2.45. The van der Waals surface area contributed by atoms with Crippen LogP contribution < -0.4 is 0 Å². The van der Waals surface area contributed by atoms with Crippen molar-refractivity contribution in [3.05, 3.63) is 232 Å². The zero-order chi connectivity index (χ0) is 49.5. The summed E-state index contributed by atoms with van der Waals surface area (Å²) in [6.45, 7) is 17.3. The van der Waals surface area contributed by atoms with E-state index in [2.05, 4.69) is 228 Å². The van der Waals surface area contributed by atoms with Crippen LogP contribution in [0.1, 0.15) is 50.1 Å². The minimum atomic E-state index is 0.589. The number of aryl methyl sites for hydroxylation is 8. The second-order valence-electron chi connectivity index (χ2n) is 20.3. The molecule has 0 bridgehead atoms. The Kier molecular flexibility index (Phi) is 10.7. The van der Waals surface area contributed by atoms with Gasteiger partial charge in [0.05, 0.1) is 57.5 Å². The smallest absolute Gasteiger partial charge is 0.0998 e. The van der Waals surface area contributed by atoms with E-state index in [1.165, 1.54) is 66.8 Å². The summed E-state index contributed by atoms with van der Waals surface area (Å²) >= 11 is 0. The lowest BCUT2D eigenvalue weighted by Gasteiger charge is -2.21. The van der Waals surface area contributed by atoms with Gasteiger partial charge in [0.1, 0.15) is 0 Å². The molecule has 12 aromatic rings. The molecule has 0 N–H and O–H groups in total. The molecule has 9 aromatic carbocycles. The highest BCUT2D eigenvalue weighted by atomic mass is 15.0. The molecule has 12 rings (SSSR count). The molecule has 0 saturated heterocycles. The molecule has 72 heavy (non-hydrogen) atoms. The molecule has 4 heteroatoms. The maximum atomic E-state index is 11.1. The number of nitriles is 1. The van der Waals surface area contributed by atoms with Crippen molar-refractivity contribution in [2.24, 2.45) is 0 Å². The van der Waals surface area contributed by atoms with Crippen molar-refractivity contribution in [3.8, 4) is 73.1 Å². The van der Waals surface area contributed by atoms with E-state index in [9.17, 15) is 5.26 Å². The fourth-order valence-electron chi connectivity index (χ4n) is 11.7.